The molecule has 0 aliphatic rings. The second kappa shape index (κ2) is 9.95. The fourth-order valence-corrected chi connectivity index (χ4v) is 2.30. The lowest BCUT2D eigenvalue weighted by atomic mass is 10.1. The number of carboxylic acid groups (broad SMARTS) is 1. The molecule has 1 aromatic carbocycles. The van der Waals surface area contributed by atoms with Crippen LogP contribution in [0, 0.1) is 0 Å². The molecule has 0 radical (unpaired) electrons. The predicted molar refractivity (Wildman–Crippen MR) is 84.5 cm³/mol. The van der Waals surface area contributed by atoms with E-state index in [0.29, 0.717) is 12.0 Å². The standard InChI is InChI=1S/C17H25NO4/c1-3-4-5-9-12-14(17(20)21)18-16(19)15(22-2)13-10-7-6-8-11-13/h6-8,10-11,14-15H,3-5,9,12H2,1-2H3,(H,18,19)(H,20,21)/t14-,15+/m1/s1. The van der Waals surface area contributed by atoms with Gasteiger partial charge in [-0.1, -0.05) is 62.9 Å². The zero-order valence-corrected chi connectivity index (χ0v) is 13.2. The maximum Gasteiger partial charge on any atom is 0.326 e. The van der Waals surface area contributed by atoms with Crippen LogP contribution in [-0.4, -0.2) is 30.1 Å². The van der Waals surface area contributed by atoms with Crippen LogP contribution >= 0.6 is 0 Å². The normalized spacial score (nSPS) is 13.4. The van der Waals surface area contributed by atoms with Crippen LogP contribution in [-0.2, 0) is 14.3 Å². The lowest BCUT2D eigenvalue weighted by molar-refractivity contribution is -0.144. The summed E-state index contributed by atoms with van der Waals surface area (Å²) in [4.78, 5) is 23.6. The predicted octanol–water partition coefficient (Wildman–Crippen LogP) is 2.91. The van der Waals surface area contributed by atoms with E-state index in [2.05, 4.69) is 12.2 Å². The number of methoxy groups -OCH3 is 1. The lowest BCUT2D eigenvalue weighted by Gasteiger charge is -2.19. The highest BCUT2D eigenvalue weighted by atomic mass is 16.5. The summed E-state index contributed by atoms with van der Waals surface area (Å²) in [5.74, 6) is -1.43. The number of aliphatic carboxylic acids is 1. The van der Waals surface area contributed by atoms with Gasteiger partial charge in [-0.2, -0.15) is 0 Å². The van der Waals surface area contributed by atoms with Crippen LogP contribution in [0.25, 0.3) is 0 Å². The van der Waals surface area contributed by atoms with Crippen LogP contribution in [0.5, 0.6) is 0 Å². The number of carbonyl (C=O) groups excluding carboxylic acids is 1. The van der Waals surface area contributed by atoms with Crippen LogP contribution in [0.4, 0.5) is 0 Å². The molecular formula is C17H25NO4. The molecular weight excluding hydrogens is 282 g/mol. The summed E-state index contributed by atoms with van der Waals surface area (Å²) in [6, 6.07) is 8.17. The van der Waals surface area contributed by atoms with Crippen molar-refractivity contribution in [1.29, 1.82) is 0 Å². The van der Waals surface area contributed by atoms with Gasteiger partial charge in [-0.3, -0.25) is 4.79 Å². The number of carboxylic acids is 1. The van der Waals surface area contributed by atoms with Gasteiger partial charge in [-0.15, -0.1) is 0 Å². The fourth-order valence-electron chi connectivity index (χ4n) is 2.30. The monoisotopic (exact) mass is 307 g/mol. The first kappa shape index (κ1) is 18.2. The van der Waals surface area contributed by atoms with Crippen molar-refractivity contribution in [3.63, 3.8) is 0 Å². The molecule has 5 heteroatoms. The highest BCUT2D eigenvalue weighted by Gasteiger charge is 2.25. The minimum Gasteiger partial charge on any atom is -0.480 e. The Morgan fingerprint density at radius 2 is 1.86 bits per heavy atom. The minimum absolute atomic E-state index is 0.420. The van der Waals surface area contributed by atoms with Gasteiger partial charge in [0, 0.05) is 7.11 Å². The fraction of sp³-hybridized carbons (Fsp3) is 0.529. The first-order valence-corrected chi connectivity index (χ1v) is 7.71. The van der Waals surface area contributed by atoms with Crippen molar-refractivity contribution in [2.45, 2.75) is 51.2 Å². The number of hydrogen-bond donors (Lipinski definition) is 2. The molecule has 0 aliphatic heterocycles. The number of carbonyl (C=O) groups is 2. The van der Waals surface area contributed by atoms with E-state index >= 15 is 0 Å². The average Bonchev–Trinajstić information content (AvgIpc) is 2.52. The summed E-state index contributed by atoms with van der Waals surface area (Å²) in [6.07, 6.45) is 3.57. The van der Waals surface area contributed by atoms with E-state index < -0.39 is 24.0 Å². The lowest BCUT2D eigenvalue weighted by Crippen LogP contribution is -2.43. The molecule has 5 nitrogen and oxygen atoms in total. The molecule has 0 bridgehead atoms. The molecule has 22 heavy (non-hydrogen) atoms. The summed E-state index contributed by atoms with van der Waals surface area (Å²) < 4.78 is 5.22. The Morgan fingerprint density at radius 3 is 2.41 bits per heavy atom. The summed E-state index contributed by atoms with van der Waals surface area (Å²) in [7, 11) is 1.44. The molecule has 0 spiro atoms. The summed E-state index contributed by atoms with van der Waals surface area (Å²) in [5, 5.41) is 11.8. The number of amides is 1. The third-order valence-electron chi connectivity index (χ3n) is 3.54. The van der Waals surface area contributed by atoms with Gasteiger partial charge in [-0.05, 0) is 12.0 Å². The van der Waals surface area contributed by atoms with Crippen molar-refractivity contribution in [3.8, 4) is 0 Å². The molecule has 1 aromatic rings. The zero-order chi connectivity index (χ0) is 16.4. The largest absolute Gasteiger partial charge is 0.480 e. The van der Waals surface area contributed by atoms with Crippen LogP contribution in [0.1, 0.15) is 50.7 Å². The Balaban J connectivity index is 2.63. The van der Waals surface area contributed by atoms with Gasteiger partial charge in [0.2, 0.25) is 0 Å². The van der Waals surface area contributed by atoms with Gasteiger partial charge in [0.15, 0.2) is 6.10 Å². The number of benzene rings is 1. The van der Waals surface area contributed by atoms with Gasteiger partial charge in [0.25, 0.3) is 5.91 Å². The Labute approximate surface area is 131 Å². The third-order valence-corrected chi connectivity index (χ3v) is 3.54. The molecule has 0 saturated heterocycles. The van der Waals surface area contributed by atoms with E-state index in [9.17, 15) is 14.7 Å². The van der Waals surface area contributed by atoms with Crippen molar-refractivity contribution >= 4 is 11.9 Å². The molecule has 0 unspecified atom stereocenters. The molecule has 0 saturated carbocycles. The molecule has 2 atom stereocenters. The molecule has 0 fully saturated rings. The molecule has 0 aliphatic carbocycles. The van der Waals surface area contributed by atoms with E-state index in [4.69, 9.17) is 4.74 Å². The van der Waals surface area contributed by atoms with Gasteiger partial charge in [-0.25, -0.2) is 4.79 Å². The third kappa shape index (κ3) is 5.85. The Kier molecular flexibility index (Phi) is 8.22. The number of nitrogens with one attached hydrogen (secondary N) is 1. The Bertz CT molecular complexity index is 461. The first-order valence-electron chi connectivity index (χ1n) is 7.71. The Hall–Kier alpha value is -1.88. The highest BCUT2D eigenvalue weighted by molar-refractivity contribution is 5.87. The van der Waals surface area contributed by atoms with E-state index in [-0.39, 0.29) is 0 Å². The second-order valence-electron chi connectivity index (χ2n) is 5.28. The Morgan fingerprint density at radius 1 is 1.18 bits per heavy atom. The molecule has 0 heterocycles. The van der Waals surface area contributed by atoms with Crippen molar-refractivity contribution in [3.05, 3.63) is 35.9 Å². The maximum atomic E-state index is 12.3. The second-order valence-corrected chi connectivity index (χ2v) is 5.28. The molecule has 0 aromatic heterocycles. The van der Waals surface area contributed by atoms with Gasteiger partial charge >= 0.3 is 5.97 Å². The molecule has 2 N–H and O–H groups in total. The van der Waals surface area contributed by atoms with Crippen molar-refractivity contribution < 1.29 is 19.4 Å². The number of unbranched alkanes of at least 4 members (excludes halogenated alkanes) is 3. The quantitative estimate of drug-likeness (QED) is 0.652. The van der Waals surface area contributed by atoms with Crippen LogP contribution in [0.2, 0.25) is 0 Å². The maximum absolute atomic E-state index is 12.3. The van der Waals surface area contributed by atoms with Crippen LogP contribution in [0.15, 0.2) is 30.3 Å². The summed E-state index contributed by atoms with van der Waals surface area (Å²) >= 11 is 0. The van der Waals surface area contributed by atoms with Gasteiger partial charge in [0.05, 0.1) is 0 Å². The first-order chi connectivity index (χ1) is 10.6. The van der Waals surface area contributed by atoms with E-state index in [0.717, 1.165) is 25.7 Å². The topological polar surface area (TPSA) is 75.6 Å². The number of rotatable bonds is 10. The highest BCUT2D eigenvalue weighted by Crippen LogP contribution is 2.17. The smallest absolute Gasteiger partial charge is 0.326 e. The molecule has 122 valence electrons. The number of hydrogen-bond acceptors (Lipinski definition) is 3. The van der Waals surface area contributed by atoms with Crippen molar-refractivity contribution in [1.82, 2.24) is 5.32 Å². The minimum atomic E-state index is -1.01. The van der Waals surface area contributed by atoms with Gasteiger partial charge in [0.1, 0.15) is 6.04 Å². The SMILES string of the molecule is CCCCCC[C@@H](NC(=O)[C@@H](OC)c1ccccc1)C(=O)O. The van der Waals surface area contributed by atoms with Crippen molar-refractivity contribution in [2.24, 2.45) is 0 Å². The van der Waals surface area contributed by atoms with E-state index in [1.165, 1.54) is 7.11 Å². The molecule has 1 amide bonds. The average molecular weight is 307 g/mol. The summed E-state index contributed by atoms with van der Waals surface area (Å²) in [6.45, 7) is 2.10. The summed E-state index contributed by atoms with van der Waals surface area (Å²) in [5.41, 5.74) is 0.706. The van der Waals surface area contributed by atoms with Crippen LogP contribution in [0.3, 0.4) is 0 Å². The zero-order valence-electron chi connectivity index (χ0n) is 13.2. The van der Waals surface area contributed by atoms with Crippen LogP contribution < -0.4 is 5.32 Å². The van der Waals surface area contributed by atoms with Crippen molar-refractivity contribution in [2.75, 3.05) is 7.11 Å². The number of ether oxygens (including phenoxy) is 1. The van der Waals surface area contributed by atoms with E-state index in [1.54, 1.807) is 12.1 Å². The molecule has 1 rings (SSSR count). The van der Waals surface area contributed by atoms with E-state index in [1.807, 2.05) is 18.2 Å². The van der Waals surface area contributed by atoms with Gasteiger partial charge < -0.3 is 15.2 Å².